The second-order valence-electron chi connectivity index (χ2n) is 7.13. The number of hydrogen-bond donors (Lipinski definition) is 0. The molecule has 104 valence electrons. The normalized spacial score (nSPS) is 39.9. The summed E-state index contributed by atoms with van der Waals surface area (Å²) in [5.74, 6) is 5.63. The molecule has 19 heavy (non-hydrogen) atoms. The Morgan fingerprint density at radius 2 is 1.79 bits per heavy atom. The van der Waals surface area contributed by atoms with E-state index in [-0.39, 0.29) is 0 Å². The molecule has 1 heterocycles. The van der Waals surface area contributed by atoms with Crippen molar-refractivity contribution >= 4 is 11.8 Å². The summed E-state index contributed by atoms with van der Waals surface area (Å²) < 4.78 is 5.48. The van der Waals surface area contributed by atoms with Crippen molar-refractivity contribution in [1.29, 1.82) is 0 Å². The lowest BCUT2D eigenvalue weighted by Gasteiger charge is -2.56. The maximum Gasteiger partial charge on any atom is 0.227 e. The zero-order chi connectivity index (χ0) is 12.9. The quantitative estimate of drug-likeness (QED) is 0.842. The lowest BCUT2D eigenvalue weighted by atomic mass is 9.49. The van der Waals surface area contributed by atoms with E-state index < -0.39 is 0 Å². The molecule has 4 saturated carbocycles. The van der Waals surface area contributed by atoms with Gasteiger partial charge in [0.1, 0.15) is 0 Å². The van der Waals surface area contributed by atoms with Crippen LogP contribution in [0.4, 0.5) is 0 Å². The van der Waals surface area contributed by atoms with Crippen molar-refractivity contribution in [2.24, 2.45) is 23.2 Å². The van der Waals surface area contributed by atoms with Gasteiger partial charge in [0, 0.05) is 6.42 Å². The summed E-state index contributed by atoms with van der Waals surface area (Å²) in [5, 5.41) is 4.10. The SMILES string of the molecule is CSCc1noc(CC23CC4CC(CC(C4)C2)C3)n1. The zero-order valence-corrected chi connectivity index (χ0v) is 12.4. The molecule has 4 heteroatoms. The average molecular weight is 278 g/mol. The molecule has 4 bridgehead atoms. The van der Waals surface area contributed by atoms with Gasteiger partial charge in [-0.1, -0.05) is 5.16 Å². The Labute approximate surface area is 118 Å². The Balaban J connectivity index is 1.52. The molecule has 0 aliphatic heterocycles. The van der Waals surface area contributed by atoms with E-state index in [0.717, 1.165) is 41.6 Å². The van der Waals surface area contributed by atoms with Gasteiger partial charge in [0.2, 0.25) is 5.89 Å². The summed E-state index contributed by atoms with van der Waals surface area (Å²) in [6, 6.07) is 0. The van der Waals surface area contributed by atoms with Crippen LogP contribution in [0.5, 0.6) is 0 Å². The fraction of sp³-hybridized carbons (Fsp3) is 0.867. The molecule has 0 amide bonds. The highest BCUT2D eigenvalue weighted by atomic mass is 32.2. The minimum absolute atomic E-state index is 0.512. The van der Waals surface area contributed by atoms with Gasteiger partial charge in [-0.2, -0.15) is 16.7 Å². The molecule has 1 aromatic heterocycles. The second kappa shape index (κ2) is 4.51. The van der Waals surface area contributed by atoms with Gasteiger partial charge in [0.25, 0.3) is 0 Å². The van der Waals surface area contributed by atoms with E-state index in [4.69, 9.17) is 4.52 Å². The van der Waals surface area contributed by atoms with E-state index >= 15 is 0 Å². The first-order valence-electron chi connectivity index (χ1n) is 7.55. The van der Waals surface area contributed by atoms with Gasteiger partial charge in [-0.15, -0.1) is 0 Å². The average Bonchev–Trinajstić information content (AvgIpc) is 2.74. The number of rotatable bonds is 4. The molecule has 0 aromatic carbocycles. The predicted octanol–water partition coefficient (Wildman–Crippen LogP) is 3.69. The Kier molecular flexibility index (Phi) is 2.90. The van der Waals surface area contributed by atoms with Gasteiger partial charge < -0.3 is 4.52 Å². The van der Waals surface area contributed by atoms with Crippen LogP contribution in [0, 0.1) is 23.2 Å². The molecule has 0 radical (unpaired) electrons. The van der Waals surface area contributed by atoms with E-state index in [2.05, 4.69) is 16.4 Å². The van der Waals surface area contributed by atoms with E-state index in [9.17, 15) is 0 Å². The van der Waals surface area contributed by atoms with Crippen LogP contribution in [0.3, 0.4) is 0 Å². The Bertz CT molecular complexity index is 435. The summed E-state index contributed by atoms with van der Waals surface area (Å²) in [4.78, 5) is 4.58. The molecule has 0 N–H and O–H groups in total. The third-order valence-corrected chi connectivity index (χ3v) is 6.02. The first-order chi connectivity index (χ1) is 9.25. The Morgan fingerprint density at radius 1 is 1.16 bits per heavy atom. The highest BCUT2D eigenvalue weighted by Crippen LogP contribution is 2.60. The Hall–Kier alpha value is -0.510. The zero-order valence-electron chi connectivity index (χ0n) is 11.6. The van der Waals surface area contributed by atoms with E-state index in [1.807, 2.05) is 0 Å². The van der Waals surface area contributed by atoms with Gasteiger partial charge in [-0.05, 0) is 67.9 Å². The van der Waals surface area contributed by atoms with Crippen molar-refractivity contribution in [3.8, 4) is 0 Å². The highest BCUT2D eigenvalue weighted by Gasteiger charge is 2.51. The molecule has 4 fully saturated rings. The van der Waals surface area contributed by atoms with Crippen LogP contribution < -0.4 is 0 Å². The van der Waals surface area contributed by atoms with Gasteiger partial charge in [-0.25, -0.2) is 0 Å². The standard InChI is InChI=1S/C15H22N2OS/c1-19-9-13-16-14(18-17-13)8-15-5-10-2-11(6-15)4-12(3-10)7-15/h10-12H,2-9H2,1H3. The topological polar surface area (TPSA) is 38.9 Å². The van der Waals surface area contributed by atoms with Crippen molar-refractivity contribution in [2.75, 3.05) is 6.26 Å². The fourth-order valence-electron chi connectivity index (χ4n) is 5.38. The maximum absolute atomic E-state index is 5.48. The molecule has 4 aliphatic rings. The Morgan fingerprint density at radius 3 is 2.37 bits per heavy atom. The van der Waals surface area contributed by atoms with Gasteiger partial charge >= 0.3 is 0 Å². The van der Waals surface area contributed by atoms with Crippen molar-refractivity contribution in [3.05, 3.63) is 11.7 Å². The molecule has 5 rings (SSSR count). The predicted molar refractivity (Wildman–Crippen MR) is 75.8 cm³/mol. The van der Waals surface area contributed by atoms with E-state index in [1.54, 1.807) is 11.8 Å². The minimum atomic E-state index is 0.512. The molecular formula is C15H22N2OS. The minimum Gasteiger partial charge on any atom is -0.339 e. The van der Waals surface area contributed by atoms with Crippen LogP contribution in [0.15, 0.2) is 4.52 Å². The fourth-order valence-corrected chi connectivity index (χ4v) is 5.75. The molecule has 0 atom stereocenters. The molecule has 4 aliphatic carbocycles. The number of nitrogens with zero attached hydrogens (tertiary/aromatic N) is 2. The molecule has 0 saturated heterocycles. The molecule has 1 aromatic rings. The number of thioether (sulfide) groups is 1. The van der Waals surface area contributed by atoms with Crippen LogP contribution in [-0.4, -0.2) is 16.4 Å². The summed E-state index contributed by atoms with van der Waals surface area (Å²) in [6.07, 6.45) is 11.9. The van der Waals surface area contributed by atoms with E-state index in [0.29, 0.717) is 5.41 Å². The molecular weight excluding hydrogens is 256 g/mol. The van der Waals surface area contributed by atoms with Gasteiger partial charge in [0.05, 0.1) is 5.75 Å². The van der Waals surface area contributed by atoms with Crippen molar-refractivity contribution in [3.63, 3.8) is 0 Å². The van der Waals surface area contributed by atoms with Crippen molar-refractivity contribution in [2.45, 2.75) is 50.7 Å². The first kappa shape index (κ1) is 12.2. The lowest BCUT2D eigenvalue weighted by molar-refractivity contribution is -0.0556. The van der Waals surface area contributed by atoms with Gasteiger partial charge in [-0.3, -0.25) is 0 Å². The summed E-state index contributed by atoms with van der Waals surface area (Å²) >= 11 is 1.75. The number of aromatic nitrogens is 2. The van der Waals surface area contributed by atoms with Crippen molar-refractivity contribution in [1.82, 2.24) is 10.1 Å². The van der Waals surface area contributed by atoms with Crippen LogP contribution in [-0.2, 0) is 12.2 Å². The third-order valence-electron chi connectivity index (χ3n) is 5.47. The van der Waals surface area contributed by atoms with Gasteiger partial charge in [0.15, 0.2) is 5.82 Å². The molecule has 3 nitrogen and oxygen atoms in total. The molecule has 0 spiro atoms. The van der Waals surface area contributed by atoms with Crippen LogP contribution >= 0.6 is 11.8 Å². The monoisotopic (exact) mass is 278 g/mol. The molecule has 0 unspecified atom stereocenters. The van der Waals surface area contributed by atoms with Crippen molar-refractivity contribution < 1.29 is 4.52 Å². The summed E-state index contributed by atoms with van der Waals surface area (Å²) in [7, 11) is 0. The van der Waals surface area contributed by atoms with Crippen LogP contribution in [0.25, 0.3) is 0 Å². The van der Waals surface area contributed by atoms with Crippen LogP contribution in [0.1, 0.15) is 50.2 Å². The number of hydrogen-bond acceptors (Lipinski definition) is 4. The first-order valence-corrected chi connectivity index (χ1v) is 8.94. The lowest BCUT2D eigenvalue weighted by Crippen LogP contribution is -2.47. The van der Waals surface area contributed by atoms with Crippen LogP contribution in [0.2, 0.25) is 0 Å². The summed E-state index contributed by atoms with van der Waals surface area (Å²) in [5.41, 5.74) is 0.512. The summed E-state index contributed by atoms with van der Waals surface area (Å²) in [6.45, 7) is 0. The second-order valence-corrected chi connectivity index (χ2v) is 8.00. The highest BCUT2D eigenvalue weighted by molar-refractivity contribution is 7.97. The smallest absolute Gasteiger partial charge is 0.227 e. The maximum atomic E-state index is 5.48. The third kappa shape index (κ3) is 2.22. The van der Waals surface area contributed by atoms with E-state index in [1.165, 1.54) is 38.5 Å². The largest absolute Gasteiger partial charge is 0.339 e.